The van der Waals surface area contributed by atoms with Gasteiger partial charge in [0.05, 0.1) is 17.5 Å². The van der Waals surface area contributed by atoms with Crippen molar-refractivity contribution >= 4 is 27.3 Å². The lowest BCUT2D eigenvalue weighted by molar-refractivity contribution is 0.0134. The van der Waals surface area contributed by atoms with Crippen molar-refractivity contribution < 1.29 is 4.74 Å². The number of nitrogen functional groups attached to an aromatic ring is 1. The van der Waals surface area contributed by atoms with Crippen LogP contribution >= 0.6 is 15.9 Å². The van der Waals surface area contributed by atoms with Gasteiger partial charge in [0, 0.05) is 17.6 Å². The minimum atomic E-state index is 0.424. The lowest BCUT2D eigenvalue weighted by Crippen LogP contribution is -2.22. The maximum atomic E-state index is 5.92. The Balaban J connectivity index is 1.77. The van der Waals surface area contributed by atoms with Gasteiger partial charge in [0.2, 0.25) is 0 Å². The zero-order valence-electron chi connectivity index (χ0n) is 9.92. The molecule has 1 fully saturated rings. The van der Waals surface area contributed by atoms with Crippen LogP contribution in [0, 0.1) is 0 Å². The van der Waals surface area contributed by atoms with E-state index in [-0.39, 0.29) is 0 Å². The molecule has 1 aliphatic rings. The molecule has 2 rings (SSSR count). The summed E-state index contributed by atoms with van der Waals surface area (Å²) in [5, 5.41) is 3.36. The Hall–Kier alpha value is -0.740. The Morgan fingerprint density at radius 1 is 1.41 bits per heavy atom. The monoisotopic (exact) mass is 298 g/mol. The molecule has 0 spiro atoms. The fourth-order valence-corrected chi connectivity index (χ4v) is 2.48. The minimum Gasteiger partial charge on any atom is -0.397 e. The van der Waals surface area contributed by atoms with E-state index in [0.717, 1.165) is 35.4 Å². The lowest BCUT2D eigenvalue weighted by Gasteiger charge is -2.22. The van der Waals surface area contributed by atoms with Crippen LogP contribution in [0.2, 0.25) is 0 Å². The maximum Gasteiger partial charge on any atom is 0.0591 e. The summed E-state index contributed by atoms with van der Waals surface area (Å²) in [5.74, 6) is 0. The average molecular weight is 299 g/mol. The summed E-state index contributed by atoms with van der Waals surface area (Å²) in [5.41, 5.74) is 7.70. The highest BCUT2D eigenvalue weighted by molar-refractivity contribution is 9.10. The molecule has 1 aromatic carbocycles. The Morgan fingerprint density at radius 3 is 3.00 bits per heavy atom. The number of nitrogens with two attached hydrogens (primary N) is 1. The van der Waals surface area contributed by atoms with E-state index in [0.29, 0.717) is 6.10 Å². The van der Waals surface area contributed by atoms with Gasteiger partial charge in [0.25, 0.3) is 0 Å². The molecule has 1 atom stereocenters. The molecule has 4 heteroatoms. The SMILES string of the molecule is Nc1cc(Br)ccc1NCCC1CCCCO1. The van der Waals surface area contributed by atoms with E-state index in [1.54, 1.807) is 0 Å². The van der Waals surface area contributed by atoms with E-state index >= 15 is 0 Å². The fraction of sp³-hybridized carbons (Fsp3) is 0.538. The second-order valence-corrected chi connectivity index (χ2v) is 5.35. The van der Waals surface area contributed by atoms with Crippen LogP contribution in [-0.2, 0) is 4.74 Å². The van der Waals surface area contributed by atoms with Gasteiger partial charge < -0.3 is 15.8 Å². The average Bonchev–Trinajstić information content (AvgIpc) is 2.33. The van der Waals surface area contributed by atoms with Gasteiger partial charge in [-0.1, -0.05) is 15.9 Å². The first-order valence-corrected chi connectivity index (χ1v) is 6.95. The molecule has 94 valence electrons. The molecule has 0 aromatic heterocycles. The number of nitrogens with one attached hydrogen (secondary N) is 1. The van der Waals surface area contributed by atoms with Gasteiger partial charge in [-0.15, -0.1) is 0 Å². The second kappa shape index (κ2) is 6.26. The van der Waals surface area contributed by atoms with Crippen LogP contribution in [0.5, 0.6) is 0 Å². The summed E-state index contributed by atoms with van der Waals surface area (Å²) in [7, 11) is 0. The topological polar surface area (TPSA) is 47.3 Å². The van der Waals surface area contributed by atoms with Gasteiger partial charge in [-0.3, -0.25) is 0 Å². The lowest BCUT2D eigenvalue weighted by atomic mass is 10.1. The van der Waals surface area contributed by atoms with Crippen molar-refractivity contribution in [3.05, 3.63) is 22.7 Å². The normalized spacial score (nSPS) is 20.2. The third-order valence-corrected chi connectivity index (χ3v) is 3.56. The summed E-state index contributed by atoms with van der Waals surface area (Å²) in [4.78, 5) is 0. The van der Waals surface area contributed by atoms with Gasteiger partial charge in [-0.05, 0) is 43.9 Å². The van der Waals surface area contributed by atoms with Crippen molar-refractivity contribution in [1.29, 1.82) is 0 Å². The first-order chi connectivity index (χ1) is 8.25. The molecule has 0 amide bonds. The number of benzene rings is 1. The molecule has 1 aromatic rings. The summed E-state index contributed by atoms with van der Waals surface area (Å²) in [6, 6.07) is 5.91. The van der Waals surface area contributed by atoms with E-state index in [9.17, 15) is 0 Å². The number of anilines is 2. The molecule has 3 N–H and O–H groups in total. The number of hydrogen-bond acceptors (Lipinski definition) is 3. The van der Waals surface area contributed by atoms with Gasteiger partial charge in [0.1, 0.15) is 0 Å². The van der Waals surface area contributed by atoms with E-state index in [2.05, 4.69) is 21.2 Å². The van der Waals surface area contributed by atoms with E-state index < -0.39 is 0 Å². The third kappa shape index (κ3) is 3.89. The molecule has 1 saturated heterocycles. The molecule has 0 saturated carbocycles. The maximum absolute atomic E-state index is 5.92. The predicted octanol–water partition coefficient (Wildman–Crippen LogP) is 3.40. The standard InChI is InChI=1S/C13H19BrN2O/c14-10-4-5-13(12(15)9-10)16-7-6-11-3-1-2-8-17-11/h4-5,9,11,16H,1-3,6-8,15H2. The highest BCUT2D eigenvalue weighted by atomic mass is 79.9. The molecular weight excluding hydrogens is 280 g/mol. The first kappa shape index (κ1) is 12.7. The van der Waals surface area contributed by atoms with E-state index in [1.165, 1.54) is 19.3 Å². The van der Waals surface area contributed by atoms with Crippen molar-refractivity contribution in [1.82, 2.24) is 0 Å². The largest absolute Gasteiger partial charge is 0.397 e. The van der Waals surface area contributed by atoms with Crippen LogP contribution in [0.25, 0.3) is 0 Å². The number of ether oxygens (including phenoxy) is 1. The molecule has 1 heterocycles. The van der Waals surface area contributed by atoms with Crippen molar-refractivity contribution in [3.8, 4) is 0 Å². The van der Waals surface area contributed by atoms with E-state index in [1.807, 2.05) is 18.2 Å². The van der Waals surface area contributed by atoms with Gasteiger partial charge in [-0.2, -0.15) is 0 Å². The van der Waals surface area contributed by atoms with E-state index in [4.69, 9.17) is 10.5 Å². The van der Waals surface area contributed by atoms with Gasteiger partial charge in [0.15, 0.2) is 0 Å². The van der Waals surface area contributed by atoms with Crippen molar-refractivity contribution in [2.75, 3.05) is 24.2 Å². The highest BCUT2D eigenvalue weighted by Gasteiger charge is 2.13. The number of halogens is 1. The molecule has 1 unspecified atom stereocenters. The number of hydrogen-bond donors (Lipinski definition) is 2. The Labute approximate surface area is 111 Å². The predicted molar refractivity (Wildman–Crippen MR) is 75.3 cm³/mol. The zero-order chi connectivity index (χ0) is 12.1. The highest BCUT2D eigenvalue weighted by Crippen LogP contribution is 2.23. The summed E-state index contributed by atoms with van der Waals surface area (Å²) < 4.78 is 6.70. The van der Waals surface area contributed by atoms with Crippen LogP contribution in [-0.4, -0.2) is 19.3 Å². The molecule has 1 aliphatic heterocycles. The third-order valence-electron chi connectivity index (χ3n) is 3.07. The van der Waals surface area contributed by atoms with Crippen LogP contribution in [0.15, 0.2) is 22.7 Å². The summed E-state index contributed by atoms with van der Waals surface area (Å²) in [6.07, 6.45) is 5.18. The number of rotatable bonds is 4. The smallest absolute Gasteiger partial charge is 0.0591 e. The van der Waals surface area contributed by atoms with Crippen LogP contribution in [0.3, 0.4) is 0 Å². The molecule has 3 nitrogen and oxygen atoms in total. The van der Waals surface area contributed by atoms with Crippen molar-refractivity contribution in [2.45, 2.75) is 31.8 Å². The van der Waals surface area contributed by atoms with Crippen LogP contribution < -0.4 is 11.1 Å². The summed E-state index contributed by atoms with van der Waals surface area (Å²) >= 11 is 3.40. The zero-order valence-corrected chi connectivity index (χ0v) is 11.5. The molecule has 17 heavy (non-hydrogen) atoms. The molecule has 0 bridgehead atoms. The Bertz CT molecular complexity index is 364. The van der Waals surface area contributed by atoms with Gasteiger partial charge in [-0.25, -0.2) is 0 Å². The molecule has 0 radical (unpaired) electrons. The molecular formula is C13H19BrN2O. The van der Waals surface area contributed by atoms with Crippen molar-refractivity contribution in [2.24, 2.45) is 0 Å². The van der Waals surface area contributed by atoms with Crippen molar-refractivity contribution in [3.63, 3.8) is 0 Å². The molecule has 0 aliphatic carbocycles. The minimum absolute atomic E-state index is 0.424. The van der Waals surface area contributed by atoms with Gasteiger partial charge >= 0.3 is 0 Å². The van der Waals surface area contributed by atoms with Crippen LogP contribution in [0.4, 0.5) is 11.4 Å². The fourth-order valence-electron chi connectivity index (χ4n) is 2.10. The van der Waals surface area contributed by atoms with Crippen LogP contribution in [0.1, 0.15) is 25.7 Å². The second-order valence-electron chi connectivity index (χ2n) is 4.44. The Kier molecular flexibility index (Phi) is 4.68. The summed E-state index contributed by atoms with van der Waals surface area (Å²) in [6.45, 7) is 1.83. The Morgan fingerprint density at radius 2 is 2.29 bits per heavy atom. The quantitative estimate of drug-likeness (QED) is 0.838. The first-order valence-electron chi connectivity index (χ1n) is 6.16.